The van der Waals surface area contributed by atoms with Gasteiger partial charge in [-0.1, -0.05) is 18.2 Å². The van der Waals surface area contributed by atoms with Crippen molar-refractivity contribution in [3.63, 3.8) is 0 Å². The number of ether oxygens (including phenoxy) is 1. The maximum absolute atomic E-state index is 13.0. The third kappa shape index (κ3) is 6.67. The summed E-state index contributed by atoms with van der Waals surface area (Å²) in [6, 6.07) is 15.1. The minimum atomic E-state index is -0.434. The van der Waals surface area contributed by atoms with Gasteiger partial charge in [0.2, 0.25) is 5.91 Å². The summed E-state index contributed by atoms with van der Waals surface area (Å²) in [7, 11) is 0. The number of nitrogens with zero attached hydrogens (tertiary/aromatic N) is 2. The number of benzene rings is 1. The molecule has 0 bridgehead atoms. The average Bonchev–Trinajstić information content (AvgIpc) is 2.79. The molecular weight excluding hydrogens is 376 g/mol. The van der Waals surface area contributed by atoms with Crippen LogP contribution in [0, 0.1) is 0 Å². The van der Waals surface area contributed by atoms with Gasteiger partial charge in [0.25, 0.3) is 0 Å². The number of hydrogen-bond donors (Lipinski definition) is 2. The Labute approximate surface area is 177 Å². The number of nitrogens with one attached hydrogen (secondary N) is 2. The molecule has 1 atom stereocenters. The lowest BCUT2D eigenvalue weighted by atomic mass is 10.0. The molecule has 1 unspecified atom stereocenters. The average molecular weight is 405 g/mol. The summed E-state index contributed by atoms with van der Waals surface area (Å²) < 4.78 is 5.52. The standard InChI is InChI=1S/C24H28N4O2/c1-2-30-22-7-5-21(6-8-22)23(27-16-11-19-9-14-25-15-10-19)24(29)28-17-12-20-4-3-13-26-18-20/h3-10,13-15,18,23,27H,2,11-12,16-17H2,1H3,(H,28,29). The van der Waals surface area contributed by atoms with E-state index in [0.717, 1.165) is 29.7 Å². The van der Waals surface area contributed by atoms with Crippen molar-refractivity contribution in [2.75, 3.05) is 19.7 Å². The van der Waals surface area contributed by atoms with Crippen molar-refractivity contribution in [3.05, 3.63) is 90.0 Å². The van der Waals surface area contributed by atoms with E-state index in [-0.39, 0.29) is 5.91 Å². The summed E-state index contributed by atoms with van der Waals surface area (Å²) >= 11 is 0. The predicted molar refractivity (Wildman–Crippen MR) is 117 cm³/mol. The summed E-state index contributed by atoms with van der Waals surface area (Å²) in [6.07, 6.45) is 8.69. The summed E-state index contributed by atoms with van der Waals surface area (Å²) in [5, 5.41) is 6.45. The second-order valence-corrected chi connectivity index (χ2v) is 6.90. The van der Waals surface area contributed by atoms with Gasteiger partial charge in [0.1, 0.15) is 11.8 Å². The number of carbonyl (C=O) groups excluding carboxylic acids is 1. The minimum Gasteiger partial charge on any atom is -0.494 e. The topological polar surface area (TPSA) is 76.1 Å². The highest BCUT2D eigenvalue weighted by Crippen LogP contribution is 2.18. The molecular formula is C24H28N4O2. The molecule has 0 aliphatic heterocycles. The number of amides is 1. The van der Waals surface area contributed by atoms with Crippen LogP contribution in [-0.2, 0) is 17.6 Å². The Kier molecular flexibility index (Phi) is 8.35. The molecule has 3 aromatic rings. The lowest BCUT2D eigenvalue weighted by Crippen LogP contribution is -2.39. The molecule has 2 N–H and O–H groups in total. The van der Waals surface area contributed by atoms with Crippen molar-refractivity contribution in [2.24, 2.45) is 0 Å². The first-order chi connectivity index (χ1) is 14.8. The van der Waals surface area contributed by atoms with Crippen LogP contribution in [0.2, 0.25) is 0 Å². The van der Waals surface area contributed by atoms with Crippen molar-refractivity contribution in [2.45, 2.75) is 25.8 Å². The van der Waals surface area contributed by atoms with E-state index in [2.05, 4.69) is 20.6 Å². The molecule has 0 saturated heterocycles. The zero-order valence-electron chi connectivity index (χ0n) is 17.3. The maximum Gasteiger partial charge on any atom is 0.241 e. The van der Waals surface area contributed by atoms with Crippen molar-refractivity contribution in [3.8, 4) is 5.75 Å². The Morgan fingerprint density at radius 3 is 2.40 bits per heavy atom. The lowest BCUT2D eigenvalue weighted by molar-refractivity contribution is -0.123. The number of carbonyl (C=O) groups is 1. The second kappa shape index (κ2) is 11.7. The van der Waals surface area contributed by atoms with Gasteiger partial charge in [0.05, 0.1) is 6.61 Å². The van der Waals surface area contributed by atoms with Crippen LogP contribution in [0.3, 0.4) is 0 Å². The van der Waals surface area contributed by atoms with Crippen LogP contribution < -0.4 is 15.4 Å². The van der Waals surface area contributed by atoms with Gasteiger partial charge in [-0.15, -0.1) is 0 Å². The van der Waals surface area contributed by atoms with Crippen molar-refractivity contribution in [1.29, 1.82) is 0 Å². The van der Waals surface area contributed by atoms with E-state index in [1.165, 1.54) is 5.56 Å². The number of aromatic nitrogens is 2. The molecule has 156 valence electrons. The lowest BCUT2D eigenvalue weighted by Gasteiger charge is -2.19. The number of pyridine rings is 2. The van der Waals surface area contributed by atoms with Crippen molar-refractivity contribution >= 4 is 5.91 Å². The Morgan fingerprint density at radius 2 is 1.70 bits per heavy atom. The Balaban J connectivity index is 1.61. The van der Waals surface area contributed by atoms with E-state index in [9.17, 15) is 4.79 Å². The zero-order chi connectivity index (χ0) is 21.0. The molecule has 0 aliphatic carbocycles. The molecule has 30 heavy (non-hydrogen) atoms. The zero-order valence-corrected chi connectivity index (χ0v) is 17.3. The monoisotopic (exact) mass is 404 g/mol. The van der Waals surface area contributed by atoms with Gasteiger partial charge in [-0.3, -0.25) is 14.8 Å². The summed E-state index contributed by atoms with van der Waals surface area (Å²) in [5.41, 5.74) is 3.19. The third-order valence-corrected chi connectivity index (χ3v) is 4.73. The van der Waals surface area contributed by atoms with Gasteiger partial charge >= 0.3 is 0 Å². The van der Waals surface area contributed by atoms with Crippen LogP contribution in [0.25, 0.3) is 0 Å². The summed E-state index contributed by atoms with van der Waals surface area (Å²) in [6.45, 7) is 3.80. The fourth-order valence-corrected chi connectivity index (χ4v) is 3.17. The quantitative estimate of drug-likeness (QED) is 0.514. The molecule has 0 spiro atoms. The van der Waals surface area contributed by atoms with Gasteiger partial charge in [-0.2, -0.15) is 0 Å². The molecule has 1 aromatic carbocycles. The van der Waals surface area contributed by atoms with E-state index < -0.39 is 6.04 Å². The van der Waals surface area contributed by atoms with Gasteiger partial charge in [0, 0.05) is 37.9 Å². The van der Waals surface area contributed by atoms with Crippen LogP contribution >= 0.6 is 0 Å². The number of hydrogen-bond acceptors (Lipinski definition) is 5. The van der Waals surface area contributed by atoms with Crippen LogP contribution in [0.1, 0.15) is 29.7 Å². The Bertz CT molecular complexity index is 886. The van der Waals surface area contributed by atoms with Crippen LogP contribution in [-0.4, -0.2) is 35.6 Å². The Hall–Kier alpha value is -3.25. The molecule has 0 saturated carbocycles. The second-order valence-electron chi connectivity index (χ2n) is 6.90. The van der Waals surface area contributed by atoms with Gasteiger partial charge in [-0.25, -0.2) is 0 Å². The van der Waals surface area contributed by atoms with E-state index in [0.29, 0.717) is 19.7 Å². The van der Waals surface area contributed by atoms with E-state index in [1.54, 1.807) is 18.6 Å². The molecule has 6 heteroatoms. The predicted octanol–water partition coefficient (Wildman–Crippen LogP) is 3.11. The van der Waals surface area contributed by atoms with Crippen molar-refractivity contribution < 1.29 is 9.53 Å². The van der Waals surface area contributed by atoms with Crippen LogP contribution in [0.15, 0.2) is 73.3 Å². The molecule has 6 nitrogen and oxygen atoms in total. The molecule has 1 amide bonds. The normalized spacial score (nSPS) is 11.6. The Morgan fingerprint density at radius 1 is 0.933 bits per heavy atom. The van der Waals surface area contributed by atoms with Gasteiger partial charge in [-0.05, 0) is 66.8 Å². The molecule has 0 radical (unpaired) electrons. The molecule has 2 aromatic heterocycles. The first-order valence-corrected chi connectivity index (χ1v) is 10.3. The molecule has 3 rings (SSSR count). The smallest absolute Gasteiger partial charge is 0.241 e. The first kappa shape index (κ1) is 21.5. The number of rotatable bonds is 11. The summed E-state index contributed by atoms with van der Waals surface area (Å²) in [4.78, 5) is 21.1. The highest BCUT2D eigenvalue weighted by atomic mass is 16.5. The van der Waals surface area contributed by atoms with E-state index in [1.807, 2.05) is 61.7 Å². The fraction of sp³-hybridized carbons (Fsp3) is 0.292. The van der Waals surface area contributed by atoms with E-state index >= 15 is 0 Å². The maximum atomic E-state index is 13.0. The third-order valence-electron chi connectivity index (χ3n) is 4.73. The van der Waals surface area contributed by atoms with Gasteiger partial charge < -0.3 is 15.4 Å². The van der Waals surface area contributed by atoms with E-state index in [4.69, 9.17) is 4.74 Å². The fourth-order valence-electron chi connectivity index (χ4n) is 3.17. The minimum absolute atomic E-state index is 0.0437. The summed E-state index contributed by atoms with van der Waals surface area (Å²) in [5.74, 6) is 0.756. The highest BCUT2D eigenvalue weighted by Gasteiger charge is 2.19. The van der Waals surface area contributed by atoms with Crippen LogP contribution in [0.4, 0.5) is 0 Å². The largest absolute Gasteiger partial charge is 0.494 e. The van der Waals surface area contributed by atoms with Crippen LogP contribution in [0.5, 0.6) is 5.75 Å². The highest BCUT2D eigenvalue weighted by molar-refractivity contribution is 5.83. The molecule has 0 fully saturated rings. The molecule has 2 heterocycles. The van der Waals surface area contributed by atoms with Crippen molar-refractivity contribution in [1.82, 2.24) is 20.6 Å². The SMILES string of the molecule is CCOc1ccc(C(NCCc2ccncc2)C(=O)NCCc2cccnc2)cc1. The first-order valence-electron chi connectivity index (χ1n) is 10.3. The molecule has 0 aliphatic rings. The van der Waals surface area contributed by atoms with Gasteiger partial charge in [0.15, 0.2) is 0 Å².